The first-order valence-electron chi connectivity index (χ1n) is 5.49. The van der Waals surface area contributed by atoms with E-state index in [1.807, 2.05) is 6.92 Å². The number of halogens is 3. The van der Waals surface area contributed by atoms with Crippen molar-refractivity contribution in [1.82, 2.24) is 5.32 Å². The Labute approximate surface area is 97.8 Å². The van der Waals surface area contributed by atoms with E-state index in [1.54, 1.807) is 6.07 Å². The van der Waals surface area contributed by atoms with Gasteiger partial charge in [0.05, 0.1) is 18.3 Å². The van der Waals surface area contributed by atoms with Gasteiger partial charge in [-0.1, -0.05) is 12.1 Å². The third-order valence-corrected chi connectivity index (χ3v) is 2.78. The highest BCUT2D eigenvalue weighted by molar-refractivity contribution is 5.27. The van der Waals surface area contributed by atoms with Crippen LogP contribution in [0, 0.1) is 0 Å². The molecule has 1 aromatic rings. The van der Waals surface area contributed by atoms with Crippen LogP contribution in [0.2, 0.25) is 0 Å². The quantitative estimate of drug-likeness (QED) is 0.821. The highest BCUT2D eigenvalue weighted by Gasteiger charge is 2.31. The second-order valence-corrected chi connectivity index (χ2v) is 4.25. The molecule has 2 unspecified atom stereocenters. The Kier molecular flexibility index (Phi) is 3.40. The second kappa shape index (κ2) is 4.66. The molecule has 1 aromatic carbocycles. The zero-order valence-corrected chi connectivity index (χ0v) is 9.42. The van der Waals surface area contributed by atoms with E-state index in [2.05, 4.69) is 5.32 Å². The largest absolute Gasteiger partial charge is 0.416 e. The van der Waals surface area contributed by atoms with Crippen LogP contribution in [0.5, 0.6) is 0 Å². The van der Waals surface area contributed by atoms with Gasteiger partial charge in [0.25, 0.3) is 0 Å². The van der Waals surface area contributed by atoms with Crippen molar-refractivity contribution in [3.63, 3.8) is 0 Å². The number of nitrogens with one attached hydrogen (secondary N) is 1. The van der Waals surface area contributed by atoms with Crippen LogP contribution < -0.4 is 5.32 Å². The molecule has 17 heavy (non-hydrogen) atoms. The maximum Gasteiger partial charge on any atom is 0.416 e. The van der Waals surface area contributed by atoms with E-state index in [0.29, 0.717) is 18.7 Å². The number of ether oxygens (including phenoxy) is 1. The molecular weight excluding hydrogens is 231 g/mol. The van der Waals surface area contributed by atoms with Crippen molar-refractivity contribution in [2.75, 3.05) is 13.2 Å². The average molecular weight is 245 g/mol. The van der Waals surface area contributed by atoms with Gasteiger partial charge in [-0.2, -0.15) is 13.2 Å². The normalized spacial score (nSPS) is 25.9. The van der Waals surface area contributed by atoms with Crippen LogP contribution in [0.25, 0.3) is 0 Å². The van der Waals surface area contributed by atoms with Crippen LogP contribution >= 0.6 is 0 Å². The van der Waals surface area contributed by atoms with Gasteiger partial charge in [0.1, 0.15) is 0 Å². The Morgan fingerprint density at radius 1 is 1.35 bits per heavy atom. The maximum atomic E-state index is 12.5. The van der Waals surface area contributed by atoms with Crippen molar-refractivity contribution in [1.29, 1.82) is 0 Å². The highest BCUT2D eigenvalue weighted by atomic mass is 19.4. The van der Waals surface area contributed by atoms with Gasteiger partial charge in [0.15, 0.2) is 0 Å². The van der Waals surface area contributed by atoms with Gasteiger partial charge in [0, 0.05) is 12.6 Å². The lowest BCUT2D eigenvalue weighted by Crippen LogP contribution is -2.40. The van der Waals surface area contributed by atoms with Gasteiger partial charge in [-0.3, -0.25) is 0 Å². The Morgan fingerprint density at radius 3 is 2.71 bits per heavy atom. The molecule has 1 aliphatic heterocycles. The van der Waals surface area contributed by atoms with E-state index in [9.17, 15) is 13.2 Å². The first kappa shape index (κ1) is 12.4. The smallest absolute Gasteiger partial charge is 0.371 e. The minimum absolute atomic E-state index is 0.247. The zero-order chi connectivity index (χ0) is 12.5. The fraction of sp³-hybridized carbons (Fsp3) is 0.500. The highest BCUT2D eigenvalue weighted by Crippen LogP contribution is 2.31. The van der Waals surface area contributed by atoms with Gasteiger partial charge >= 0.3 is 6.18 Å². The summed E-state index contributed by atoms with van der Waals surface area (Å²) in [7, 11) is 0. The second-order valence-electron chi connectivity index (χ2n) is 4.25. The molecule has 5 heteroatoms. The van der Waals surface area contributed by atoms with E-state index >= 15 is 0 Å². The summed E-state index contributed by atoms with van der Waals surface area (Å²) in [6, 6.07) is 5.55. The first-order valence-corrected chi connectivity index (χ1v) is 5.49. The number of hydrogen-bond acceptors (Lipinski definition) is 2. The van der Waals surface area contributed by atoms with Crippen molar-refractivity contribution < 1.29 is 17.9 Å². The Balaban J connectivity index is 2.16. The summed E-state index contributed by atoms with van der Waals surface area (Å²) in [6.45, 7) is 3.03. The van der Waals surface area contributed by atoms with Crippen molar-refractivity contribution in [3.05, 3.63) is 35.4 Å². The van der Waals surface area contributed by atoms with Gasteiger partial charge in [-0.05, 0) is 24.6 Å². The molecule has 0 amide bonds. The third kappa shape index (κ3) is 2.98. The molecule has 0 aromatic heterocycles. The van der Waals surface area contributed by atoms with E-state index < -0.39 is 11.7 Å². The number of rotatable bonds is 1. The van der Waals surface area contributed by atoms with Crippen LogP contribution in [0.4, 0.5) is 13.2 Å². The summed E-state index contributed by atoms with van der Waals surface area (Å²) in [6.07, 6.45) is -4.60. The van der Waals surface area contributed by atoms with E-state index in [-0.39, 0.29) is 12.1 Å². The van der Waals surface area contributed by atoms with Crippen LogP contribution in [-0.4, -0.2) is 19.2 Å². The summed E-state index contributed by atoms with van der Waals surface area (Å²) in [4.78, 5) is 0. The van der Waals surface area contributed by atoms with E-state index in [4.69, 9.17) is 4.74 Å². The molecule has 0 aliphatic carbocycles. The predicted molar refractivity (Wildman–Crippen MR) is 57.6 cm³/mol. The maximum absolute atomic E-state index is 12.5. The fourth-order valence-corrected chi connectivity index (χ4v) is 1.82. The molecule has 2 atom stereocenters. The van der Waals surface area contributed by atoms with Gasteiger partial charge in [-0.25, -0.2) is 0 Å². The summed E-state index contributed by atoms with van der Waals surface area (Å²) in [5.74, 6) is 0. The minimum Gasteiger partial charge on any atom is -0.371 e. The lowest BCUT2D eigenvalue weighted by Gasteiger charge is -2.28. The molecule has 1 heterocycles. The first-order chi connectivity index (χ1) is 7.97. The predicted octanol–water partition coefficient (Wildman–Crippen LogP) is 2.75. The summed E-state index contributed by atoms with van der Waals surface area (Å²) < 4.78 is 43.1. The number of hydrogen-bond donors (Lipinski definition) is 1. The standard InChI is InChI=1S/C12H14F3NO/c1-8-7-17-11(6-16-8)9-3-2-4-10(5-9)12(13,14)15/h2-5,8,11,16H,6-7H2,1H3. The van der Waals surface area contributed by atoms with Crippen LogP contribution in [-0.2, 0) is 10.9 Å². The molecule has 94 valence electrons. The van der Waals surface area contributed by atoms with Gasteiger partial charge in [0.2, 0.25) is 0 Å². The average Bonchev–Trinajstić information content (AvgIpc) is 2.29. The molecule has 1 fully saturated rings. The Hall–Kier alpha value is -1.07. The van der Waals surface area contributed by atoms with Gasteiger partial charge in [-0.15, -0.1) is 0 Å². The fourth-order valence-electron chi connectivity index (χ4n) is 1.82. The molecule has 2 rings (SSSR count). The summed E-state index contributed by atoms with van der Waals surface area (Å²) in [5, 5.41) is 3.18. The van der Waals surface area contributed by atoms with Crippen LogP contribution in [0.3, 0.4) is 0 Å². The molecule has 1 N–H and O–H groups in total. The van der Waals surface area contributed by atoms with Crippen molar-refractivity contribution >= 4 is 0 Å². The molecule has 1 saturated heterocycles. The third-order valence-electron chi connectivity index (χ3n) is 2.78. The molecule has 0 radical (unpaired) electrons. The number of benzene rings is 1. The van der Waals surface area contributed by atoms with Crippen molar-refractivity contribution in [2.45, 2.75) is 25.2 Å². The Bertz CT molecular complexity index is 384. The minimum atomic E-state index is -4.30. The Morgan fingerprint density at radius 2 is 2.12 bits per heavy atom. The van der Waals surface area contributed by atoms with Crippen molar-refractivity contribution in [3.8, 4) is 0 Å². The molecule has 0 spiro atoms. The monoisotopic (exact) mass is 245 g/mol. The van der Waals surface area contributed by atoms with Crippen molar-refractivity contribution in [2.24, 2.45) is 0 Å². The number of alkyl halides is 3. The lowest BCUT2D eigenvalue weighted by atomic mass is 10.0. The molecule has 0 saturated carbocycles. The summed E-state index contributed by atoms with van der Waals surface area (Å²) in [5.41, 5.74) is -0.0588. The number of morpholine rings is 1. The SMILES string of the molecule is CC1COC(c2cccc(C(F)(F)F)c2)CN1. The van der Waals surface area contributed by atoms with Gasteiger partial charge < -0.3 is 10.1 Å². The molecule has 1 aliphatic rings. The van der Waals surface area contributed by atoms with E-state index in [0.717, 1.165) is 12.1 Å². The zero-order valence-electron chi connectivity index (χ0n) is 9.42. The topological polar surface area (TPSA) is 21.3 Å². The van der Waals surface area contributed by atoms with E-state index in [1.165, 1.54) is 6.07 Å². The van der Waals surface area contributed by atoms with Crippen LogP contribution in [0.15, 0.2) is 24.3 Å². The lowest BCUT2D eigenvalue weighted by molar-refractivity contribution is -0.137. The molecule has 0 bridgehead atoms. The molecular formula is C12H14F3NO. The summed E-state index contributed by atoms with van der Waals surface area (Å²) >= 11 is 0. The molecule has 2 nitrogen and oxygen atoms in total. The van der Waals surface area contributed by atoms with Crippen LogP contribution in [0.1, 0.15) is 24.2 Å².